The molecule has 0 unspecified atom stereocenters. The molecule has 0 bridgehead atoms. The van der Waals surface area contributed by atoms with E-state index in [0.717, 1.165) is 36.1 Å². The molecule has 0 fully saturated rings. The maximum absolute atomic E-state index is 12.7. The lowest BCUT2D eigenvalue weighted by molar-refractivity contribution is 0.0963. The Balaban J connectivity index is 1.95. The van der Waals surface area contributed by atoms with Crippen LogP contribution in [0.25, 0.3) is 0 Å². The van der Waals surface area contributed by atoms with Crippen LogP contribution in [0.2, 0.25) is 10.0 Å². The lowest BCUT2D eigenvalue weighted by Gasteiger charge is -2.12. The molecule has 1 aliphatic rings. The van der Waals surface area contributed by atoms with Crippen LogP contribution in [-0.2, 0) is 12.8 Å². The molecule has 0 saturated heterocycles. The lowest BCUT2D eigenvalue weighted by atomic mass is 9.95. The Labute approximate surface area is 165 Å². The summed E-state index contributed by atoms with van der Waals surface area (Å²) in [6.45, 7) is 0. The van der Waals surface area contributed by atoms with Crippen LogP contribution in [0.3, 0.4) is 0 Å². The van der Waals surface area contributed by atoms with Crippen molar-refractivity contribution in [2.75, 3.05) is 19.5 Å². The summed E-state index contributed by atoms with van der Waals surface area (Å²) in [6.07, 6.45) is 3.92. The van der Waals surface area contributed by atoms with Gasteiger partial charge < -0.3 is 15.4 Å². The van der Waals surface area contributed by atoms with Gasteiger partial charge in [0.15, 0.2) is 5.75 Å². The van der Waals surface area contributed by atoms with E-state index in [4.69, 9.17) is 27.9 Å². The minimum Gasteiger partial charge on any atom is -0.494 e. The van der Waals surface area contributed by atoms with Crippen LogP contribution in [0.1, 0.15) is 44.0 Å². The Morgan fingerprint density at radius 2 is 1.77 bits per heavy atom. The highest BCUT2D eigenvalue weighted by atomic mass is 35.5. The summed E-state index contributed by atoms with van der Waals surface area (Å²) < 4.78 is 5.10. The van der Waals surface area contributed by atoms with Crippen LogP contribution in [0.4, 0.5) is 5.00 Å². The van der Waals surface area contributed by atoms with Crippen molar-refractivity contribution >= 4 is 51.4 Å². The summed E-state index contributed by atoms with van der Waals surface area (Å²) in [5.74, 6) is -0.242. The number of thiophene rings is 1. The van der Waals surface area contributed by atoms with E-state index >= 15 is 0 Å². The third-order valence-electron chi connectivity index (χ3n) is 4.32. The van der Waals surface area contributed by atoms with Crippen LogP contribution in [-0.4, -0.2) is 26.0 Å². The van der Waals surface area contributed by atoms with Crippen LogP contribution >= 0.6 is 34.5 Å². The predicted molar refractivity (Wildman–Crippen MR) is 105 cm³/mol. The maximum atomic E-state index is 12.7. The van der Waals surface area contributed by atoms with Gasteiger partial charge in [-0.25, -0.2) is 0 Å². The number of methoxy groups -OCH3 is 1. The van der Waals surface area contributed by atoms with Gasteiger partial charge in [0.2, 0.25) is 0 Å². The molecule has 0 spiro atoms. The fourth-order valence-electron chi connectivity index (χ4n) is 3.08. The molecular weight excluding hydrogens is 395 g/mol. The van der Waals surface area contributed by atoms with Crippen molar-refractivity contribution in [1.82, 2.24) is 5.32 Å². The number of ether oxygens (including phenoxy) is 1. The molecule has 5 nitrogen and oxygen atoms in total. The van der Waals surface area contributed by atoms with Gasteiger partial charge in [0.25, 0.3) is 11.8 Å². The first-order valence-corrected chi connectivity index (χ1v) is 9.74. The third-order valence-corrected chi connectivity index (χ3v) is 6.09. The number of rotatable bonds is 4. The number of carbonyl (C=O) groups is 2. The molecule has 0 aliphatic heterocycles. The van der Waals surface area contributed by atoms with Crippen LogP contribution in [0.5, 0.6) is 5.75 Å². The van der Waals surface area contributed by atoms with Crippen molar-refractivity contribution in [1.29, 1.82) is 0 Å². The first kappa shape index (κ1) is 19.0. The largest absolute Gasteiger partial charge is 0.494 e. The standard InChI is InChI=1S/C18H18Cl2N2O3S/c1-21-17(24)14-10-5-3-4-6-13(10)26-18(14)22-16(23)9-7-11(19)15(25-2)12(20)8-9/h7-8H,3-6H2,1-2H3,(H,21,24)(H,22,23). The third kappa shape index (κ3) is 3.54. The molecule has 2 amide bonds. The number of hydrogen-bond acceptors (Lipinski definition) is 4. The second kappa shape index (κ2) is 7.86. The summed E-state index contributed by atoms with van der Waals surface area (Å²) in [5, 5.41) is 6.58. The fraction of sp³-hybridized carbons (Fsp3) is 0.333. The number of amides is 2. The molecule has 0 radical (unpaired) electrons. The highest BCUT2D eigenvalue weighted by Crippen LogP contribution is 2.39. The van der Waals surface area contributed by atoms with Gasteiger partial charge in [-0.3, -0.25) is 9.59 Å². The van der Waals surface area contributed by atoms with Crippen molar-refractivity contribution in [2.45, 2.75) is 25.7 Å². The van der Waals surface area contributed by atoms with Gasteiger partial charge in [0, 0.05) is 17.5 Å². The Morgan fingerprint density at radius 1 is 1.12 bits per heavy atom. The number of carbonyl (C=O) groups excluding carboxylic acids is 2. The van der Waals surface area contributed by atoms with E-state index in [2.05, 4.69) is 10.6 Å². The SMILES string of the molecule is CNC(=O)c1c(NC(=O)c2cc(Cl)c(OC)c(Cl)c2)sc2c1CCCC2. The number of anilines is 1. The summed E-state index contributed by atoms with van der Waals surface area (Å²) in [4.78, 5) is 26.2. The minimum absolute atomic E-state index is 0.189. The van der Waals surface area contributed by atoms with E-state index in [1.165, 1.54) is 30.6 Å². The van der Waals surface area contributed by atoms with Gasteiger partial charge in [-0.15, -0.1) is 11.3 Å². The van der Waals surface area contributed by atoms with E-state index < -0.39 is 0 Å². The molecule has 3 rings (SSSR count). The maximum Gasteiger partial charge on any atom is 0.256 e. The van der Waals surface area contributed by atoms with Crippen LogP contribution < -0.4 is 15.4 Å². The molecule has 1 aromatic carbocycles. The van der Waals surface area contributed by atoms with E-state index in [0.29, 0.717) is 21.9 Å². The summed E-state index contributed by atoms with van der Waals surface area (Å²) in [5.41, 5.74) is 1.91. The highest BCUT2D eigenvalue weighted by Gasteiger charge is 2.26. The van der Waals surface area contributed by atoms with Crippen LogP contribution in [0.15, 0.2) is 12.1 Å². The van der Waals surface area contributed by atoms with E-state index in [9.17, 15) is 9.59 Å². The fourth-order valence-corrected chi connectivity index (χ4v) is 5.00. The van der Waals surface area contributed by atoms with Gasteiger partial charge in [-0.1, -0.05) is 23.2 Å². The molecule has 1 heterocycles. The molecule has 1 aromatic heterocycles. The number of halogens is 2. The number of fused-ring (bicyclic) bond motifs is 1. The van der Waals surface area contributed by atoms with Gasteiger partial charge in [0.05, 0.1) is 22.7 Å². The Hall–Kier alpha value is -1.76. The van der Waals surface area contributed by atoms with E-state index in [-0.39, 0.29) is 21.9 Å². The zero-order valence-electron chi connectivity index (χ0n) is 14.4. The van der Waals surface area contributed by atoms with Gasteiger partial charge in [-0.2, -0.15) is 0 Å². The van der Waals surface area contributed by atoms with Gasteiger partial charge in [0.1, 0.15) is 5.00 Å². The number of benzene rings is 1. The Bertz CT molecular complexity index is 857. The molecule has 0 saturated carbocycles. The smallest absolute Gasteiger partial charge is 0.256 e. The van der Waals surface area contributed by atoms with Crippen molar-refractivity contribution in [2.24, 2.45) is 0 Å². The zero-order valence-corrected chi connectivity index (χ0v) is 16.7. The Kier molecular flexibility index (Phi) is 5.75. The van der Waals surface area contributed by atoms with Crippen molar-refractivity contribution in [3.63, 3.8) is 0 Å². The number of aryl methyl sites for hydroxylation is 1. The van der Waals surface area contributed by atoms with Crippen molar-refractivity contribution in [3.8, 4) is 5.75 Å². The molecule has 0 atom stereocenters. The monoisotopic (exact) mass is 412 g/mol. The first-order valence-electron chi connectivity index (χ1n) is 8.17. The molecule has 26 heavy (non-hydrogen) atoms. The Morgan fingerprint density at radius 3 is 2.38 bits per heavy atom. The lowest BCUT2D eigenvalue weighted by Crippen LogP contribution is -2.22. The van der Waals surface area contributed by atoms with Gasteiger partial charge >= 0.3 is 0 Å². The minimum atomic E-state index is -0.375. The number of nitrogens with one attached hydrogen (secondary N) is 2. The first-order chi connectivity index (χ1) is 12.5. The second-order valence-electron chi connectivity index (χ2n) is 5.92. The summed E-state index contributed by atoms with van der Waals surface area (Å²) in [7, 11) is 3.04. The second-order valence-corrected chi connectivity index (χ2v) is 7.84. The summed E-state index contributed by atoms with van der Waals surface area (Å²) in [6, 6.07) is 2.99. The van der Waals surface area contributed by atoms with E-state index in [1.807, 2.05) is 0 Å². The average Bonchev–Trinajstić information content (AvgIpc) is 2.98. The quantitative estimate of drug-likeness (QED) is 0.773. The predicted octanol–water partition coefficient (Wildman–Crippen LogP) is 4.55. The summed E-state index contributed by atoms with van der Waals surface area (Å²) >= 11 is 13.7. The zero-order chi connectivity index (χ0) is 18.8. The molecule has 138 valence electrons. The van der Waals surface area contributed by atoms with Gasteiger partial charge in [-0.05, 0) is 43.4 Å². The molecule has 8 heteroatoms. The number of hydrogen-bond donors (Lipinski definition) is 2. The normalized spacial score (nSPS) is 13.1. The van der Waals surface area contributed by atoms with Crippen molar-refractivity contribution < 1.29 is 14.3 Å². The molecule has 2 N–H and O–H groups in total. The van der Waals surface area contributed by atoms with Crippen molar-refractivity contribution in [3.05, 3.63) is 43.7 Å². The molecule has 2 aromatic rings. The average molecular weight is 413 g/mol. The highest BCUT2D eigenvalue weighted by molar-refractivity contribution is 7.17. The molecular formula is C18H18Cl2N2O3S. The van der Waals surface area contributed by atoms with E-state index in [1.54, 1.807) is 7.05 Å². The topological polar surface area (TPSA) is 67.4 Å². The van der Waals surface area contributed by atoms with Crippen LogP contribution in [0, 0.1) is 0 Å². The molecule has 1 aliphatic carbocycles.